The van der Waals surface area contributed by atoms with Crippen molar-refractivity contribution in [1.29, 1.82) is 0 Å². The Kier molecular flexibility index (Phi) is 2.97. The second-order valence-electron chi connectivity index (χ2n) is 3.03. The maximum Gasteiger partial charge on any atom is 0.471 e. The summed E-state index contributed by atoms with van der Waals surface area (Å²) >= 11 is 0. The van der Waals surface area contributed by atoms with Crippen LogP contribution in [0, 0.1) is 0 Å². The molecule has 0 heterocycles. The summed E-state index contributed by atoms with van der Waals surface area (Å²) < 4.78 is 36.2. The molecule has 0 aliphatic heterocycles. The molecule has 0 fully saturated rings. The Morgan fingerprint density at radius 2 is 1.88 bits per heavy atom. The molecule has 16 heavy (non-hydrogen) atoms. The summed E-state index contributed by atoms with van der Waals surface area (Å²) in [6.07, 6.45) is -5.01. The highest BCUT2D eigenvalue weighted by atomic mass is 19.4. The molecule has 88 valence electrons. The van der Waals surface area contributed by atoms with Crippen molar-refractivity contribution in [1.82, 2.24) is 0 Å². The summed E-state index contributed by atoms with van der Waals surface area (Å²) in [5, 5.41) is 18.2. The van der Waals surface area contributed by atoms with E-state index in [9.17, 15) is 23.1 Å². The number of carbonyl (C=O) groups is 1. The first-order valence-corrected chi connectivity index (χ1v) is 4.10. The molecule has 0 aliphatic rings. The Hall–Kier alpha value is -1.92. The van der Waals surface area contributed by atoms with Gasteiger partial charge >= 0.3 is 12.1 Å². The highest BCUT2D eigenvalue weighted by Gasteiger charge is 2.42. The van der Waals surface area contributed by atoms with Crippen molar-refractivity contribution < 1.29 is 28.2 Å². The van der Waals surface area contributed by atoms with Crippen LogP contribution in [0.5, 0.6) is 11.5 Å². The van der Waals surface area contributed by atoms with Gasteiger partial charge < -0.3 is 15.1 Å². The van der Waals surface area contributed by atoms with E-state index in [4.69, 9.17) is 5.11 Å². The number of alkyl halides is 3. The molecular weight excluding hydrogens is 227 g/mol. The summed E-state index contributed by atoms with van der Waals surface area (Å²) in [5.74, 6) is -3.03. The minimum atomic E-state index is -5.01. The Labute approximate surface area is 88.5 Å². The lowest BCUT2D eigenvalue weighted by atomic mass is 10.2. The number of hydrogen-bond acceptors (Lipinski definition) is 3. The monoisotopic (exact) mass is 235 g/mol. The predicted octanol–water partition coefficient (Wildman–Crippen LogP) is 1.62. The van der Waals surface area contributed by atoms with E-state index in [-0.39, 0.29) is 16.3 Å². The van der Waals surface area contributed by atoms with Crippen LogP contribution in [-0.2, 0) is 4.79 Å². The molecule has 1 aromatic carbocycles. The van der Waals surface area contributed by atoms with Crippen LogP contribution in [-0.4, -0.2) is 29.3 Å². The second-order valence-corrected chi connectivity index (χ2v) is 3.03. The van der Waals surface area contributed by atoms with Gasteiger partial charge in [-0.25, -0.2) is 0 Å². The second kappa shape index (κ2) is 3.92. The van der Waals surface area contributed by atoms with E-state index in [1.54, 1.807) is 0 Å². The minimum Gasteiger partial charge on any atom is -0.508 e. The molecule has 0 spiro atoms. The van der Waals surface area contributed by atoms with Gasteiger partial charge in [0.25, 0.3) is 0 Å². The number of carbonyl (C=O) groups excluding carboxylic acids is 1. The van der Waals surface area contributed by atoms with Crippen LogP contribution in [0.3, 0.4) is 0 Å². The van der Waals surface area contributed by atoms with Crippen LogP contribution in [0.25, 0.3) is 0 Å². The van der Waals surface area contributed by atoms with Crippen LogP contribution < -0.4 is 4.90 Å². The Balaban J connectivity index is 3.06. The van der Waals surface area contributed by atoms with Crippen LogP contribution in [0.4, 0.5) is 18.9 Å². The average molecular weight is 235 g/mol. The van der Waals surface area contributed by atoms with E-state index in [0.717, 1.165) is 25.2 Å². The molecule has 0 saturated carbocycles. The summed E-state index contributed by atoms with van der Waals surface area (Å²) in [6, 6.07) is 2.92. The lowest BCUT2D eigenvalue weighted by Gasteiger charge is -2.19. The molecule has 0 atom stereocenters. The van der Waals surface area contributed by atoms with Gasteiger partial charge in [0.1, 0.15) is 11.5 Å². The Morgan fingerprint density at radius 3 is 2.31 bits per heavy atom. The largest absolute Gasteiger partial charge is 0.508 e. The fourth-order valence-electron chi connectivity index (χ4n) is 1.10. The fourth-order valence-corrected chi connectivity index (χ4v) is 1.10. The maximum absolute atomic E-state index is 12.1. The number of amides is 1. The lowest BCUT2D eigenvalue weighted by molar-refractivity contribution is -0.170. The van der Waals surface area contributed by atoms with E-state index in [1.807, 2.05) is 0 Å². The zero-order chi connectivity index (χ0) is 12.5. The van der Waals surface area contributed by atoms with Gasteiger partial charge in [0.15, 0.2) is 0 Å². The lowest BCUT2D eigenvalue weighted by Crippen LogP contribution is -2.38. The van der Waals surface area contributed by atoms with E-state index in [2.05, 4.69) is 0 Å². The van der Waals surface area contributed by atoms with Gasteiger partial charge in [-0.2, -0.15) is 13.2 Å². The number of rotatable bonds is 1. The van der Waals surface area contributed by atoms with Crippen molar-refractivity contribution in [3.8, 4) is 11.5 Å². The molecule has 1 amide bonds. The molecule has 2 N–H and O–H groups in total. The number of phenolic OH excluding ortho intramolecular Hbond substituents is 2. The predicted molar refractivity (Wildman–Crippen MR) is 49.2 cm³/mol. The highest BCUT2D eigenvalue weighted by Crippen LogP contribution is 2.32. The van der Waals surface area contributed by atoms with Crippen LogP contribution in [0.1, 0.15) is 0 Å². The van der Waals surface area contributed by atoms with Crippen LogP contribution >= 0.6 is 0 Å². The Bertz CT molecular complexity index is 417. The van der Waals surface area contributed by atoms with E-state index < -0.39 is 17.8 Å². The number of nitrogens with zero attached hydrogens (tertiary/aromatic N) is 1. The van der Waals surface area contributed by atoms with Gasteiger partial charge in [-0.1, -0.05) is 0 Å². The SMILES string of the molecule is CN(C(=O)C(F)(F)F)c1ccc(O)cc1O. The van der Waals surface area contributed by atoms with Crippen molar-refractivity contribution in [2.75, 3.05) is 11.9 Å². The topological polar surface area (TPSA) is 60.8 Å². The van der Waals surface area contributed by atoms with Crippen molar-refractivity contribution in [3.63, 3.8) is 0 Å². The zero-order valence-corrected chi connectivity index (χ0v) is 8.12. The molecular formula is C9H8F3NO3. The van der Waals surface area contributed by atoms with Crippen LogP contribution in [0.15, 0.2) is 18.2 Å². The first-order chi connectivity index (χ1) is 7.23. The third-order valence-corrected chi connectivity index (χ3v) is 1.87. The third kappa shape index (κ3) is 2.36. The van der Waals surface area contributed by atoms with Gasteiger partial charge in [-0.05, 0) is 12.1 Å². The molecule has 0 aromatic heterocycles. The van der Waals surface area contributed by atoms with E-state index >= 15 is 0 Å². The number of benzene rings is 1. The summed E-state index contributed by atoms with van der Waals surface area (Å²) in [4.78, 5) is 11.1. The number of aromatic hydroxyl groups is 2. The van der Waals surface area contributed by atoms with Crippen molar-refractivity contribution in [2.24, 2.45) is 0 Å². The number of halogens is 3. The Morgan fingerprint density at radius 1 is 1.31 bits per heavy atom. The quantitative estimate of drug-likeness (QED) is 0.777. The molecule has 0 bridgehead atoms. The van der Waals surface area contributed by atoms with E-state index in [1.165, 1.54) is 0 Å². The number of hydrogen-bond donors (Lipinski definition) is 2. The minimum absolute atomic E-state index is 0.259. The first-order valence-electron chi connectivity index (χ1n) is 4.10. The summed E-state index contributed by atoms with van der Waals surface area (Å²) in [5.41, 5.74) is -0.333. The first kappa shape index (κ1) is 12.2. The molecule has 4 nitrogen and oxygen atoms in total. The smallest absolute Gasteiger partial charge is 0.471 e. The average Bonchev–Trinajstić information content (AvgIpc) is 2.14. The summed E-state index contributed by atoms with van der Waals surface area (Å²) in [6.45, 7) is 0. The highest BCUT2D eigenvalue weighted by molar-refractivity contribution is 5.98. The van der Waals surface area contributed by atoms with Gasteiger partial charge in [0.2, 0.25) is 0 Å². The van der Waals surface area contributed by atoms with Gasteiger partial charge in [0, 0.05) is 13.1 Å². The van der Waals surface area contributed by atoms with Crippen LogP contribution in [0.2, 0.25) is 0 Å². The van der Waals surface area contributed by atoms with Gasteiger partial charge in [0.05, 0.1) is 5.69 Å². The van der Waals surface area contributed by atoms with Gasteiger partial charge in [-0.15, -0.1) is 0 Å². The number of anilines is 1. The number of phenols is 2. The standard InChI is InChI=1S/C9H8F3NO3/c1-13(8(16)9(10,11)12)6-3-2-5(14)4-7(6)15/h2-4,14-15H,1H3. The summed E-state index contributed by atoms with van der Waals surface area (Å²) in [7, 11) is 0.877. The normalized spacial score (nSPS) is 11.2. The zero-order valence-electron chi connectivity index (χ0n) is 8.12. The molecule has 0 radical (unpaired) electrons. The maximum atomic E-state index is 12.1. The molecule has 1 rings (SSSR count). The molecule has 1 aromatic rings. The van der Waals surface area contributed by atoms with Crippen molar-refractivity contribution in [2.45, 2.75) is 6.18 Å². The molecule has 0 unspecified atom stereocenters. The van der Waals surface area contributed by atoms with Crippen molar-refractivity contribution in [3.05, 3.63) is 18.2 Å². The van der Waals surface area contributed by atoms with Crippen molar-refractivity contribution >= 4 is 11.6 Å². The third-order valence-electron chi connectivity index (χ3n) is 1.87. The fraction of sp³-hybridized carbons (Fsp3) is 0.222. The molecule has 7 heteroatoms. The molecule has 0 saturated heterocycles. The molecule has 0 aliphatic carbocycles. The van der Waals surface area contributed by atoms with E-state index in [0.29, 0.717) is 0 Å². The van der Waals surface area contributed by atoms with Gasteiger partial charge in [-0.3, -0.25) is 4.79 Å².